The van der Waals surface area contributed by atoms with Crippen molar-refractivity contribution in [2.75, 3.05) is 13.1 Å². The molecule has 3 nitrogen and oxygen atoms in total. The maximum Gasteiger partial charge on any atom is 0.490 e. The minimum absolute atomic E-state index is 0.152. The first-order chi connectivity index (χ1) is 8.30. The Morgan fingerprint density at radius 3 is 1.94 bits per heavy atom. The number of rotatable bonds is 1. The van der Waals surface area contributed by atoms with Gasteiger partial charge in [0, 0.05) is 19.0 Å². The summed E-state index contributed by atoms with van der Waals surface area (Å²) in [5.41, 5.74) is 1.24. The van der Waals surface area contributed by atoms with Crippen molar-refractivity contribution >= 4 is 5.97 Å². The van der Waals surface area contributed by atoms with Crippen LogP contribution in [-0.2, 0) is 4.79 Å². The Kier molecular flexibility index (Phi) is 4.66. The highest BCUT2D eigenvalue weighted by molar-refractivity contribution is 5.73. The summed E-state index contributed by atoms with van der Waals surface area (Å²) in [7, 11) is 0. The summed E-state index contributed by atoms with van der Waals surface area (Å²) in [4.78, 5) is 8.90. The van der Waals surface area contributed by atoms with Crippen LogP contribution in [0.5, 0.6) is 0 Å². The maximum atomic E-state index is 12.5. The number of carboxylic acid groups (broad SMARTS) is 1. The van der Waals surface area contributed by atoms with Gasteiger partial charge in [0.15, 0.2) is 0 Å². The van der Waals surface area contributed by atoms with Gasteiger partial charge < -0.3 is 10.4 Å². The van der Waals surface area contributed by atoms with Crippen LogP contribution in [0.25, 0.3) is 0 Å². The van der Waals surface area contributed by atoms with Gasteiger partial charge in [0.05, 0.1) is 0 Å². The summed E-state index contributed by atoms with van der Waals surface area (Å²) in [5, 5.41) is 10.3. The predicted molar refractivity (Wildman–Crippen MR) is 55.7 cm³/mol. The molecule has 0 radical (unpaired) electrons. The van der Waals surface area contributed by atoms with Gasteiger partial charge in [-0.1, -0.05) is 12.1 Å². The van der Waals surface area contributed by atoms with Crippen molar-refractivity contribution in [2.45, 2.75) is 12.1 Å². The molecule has 7 heteroatoms. The van der Waals surface area contributed by atoms with Crippen molar-refractivity contribution in [1.82, 2.24) is 5.32 Å². The summed E-state index contributed by atoms with van der Waals surface area (Å²) in [6, 6.07) is 6.77. The summed E-state index contributed by atoms with van der Waals surface area (Å²) >= 11 is 0. The third-order valence-electron chi connectivity index (χ3n) is 2.37. The monoisotopic (exact) mass is 265 g/mol. The lowest BCUT2D eigenvalue weighted by atomic mass is 9.94. The van der Waals surface area contributed by atoms with E-state index in [2.05, 4.69) is 5.32 Å². The molecule has 0 amide bonds. The second-order valence-electron chi connectivity index (χ2n) is 3.71. The highest BCUT2D eigenvalue weighted by atomic mass is 19.4. The molecule has 1 saturated heterocycles. The van der Waals surface area contributed by atoms with E-state index in [-0.39, 0.29) is 5.82 Å². The average Bonchev–Trinajstić information content (AvgIpc) is 2.18. The molecule has 1 aliphatic heterocycles. The van der Waals surface area contributed by atoms with E-state index in [1.165, 1.54) is 17.7 Å². The Bertz CT molecular complexity index is 398. The molecule has 0 aliphatic carbocycles. The molecule has 1 aromatic rings. The molecule has 0 aromatic heterocycles. The van der Waals surface area contributed by atoms with Crippen molar-refractivity contribution in [3.05, 3.63) is 35.6 Å². The van der Waals surface area contributed by atoms with Gasteiger partial charge in [-0.05, 0) is 17.7 Å². The molecular weight excluding hydrogens is 254 g/mol. The molecule has 18 heavy (non-hydrogen) atoms. The molecule has 0 spiro atoms. The SMILES string of the molecule is Fc1ccc(C2CNC2)cc1.O=C(O)C(F)(F)F. The number of hydrogen-bond donors (Lipinski definition) is 2. The van der Waals surface area contributed by atoms with Crippen molar-refractivity contribution < 1.29 is 27.5 Å². The van der Waals surface area contributed by atoms with E-state index < -0.39 is 12.1 Å². The number of hydrogen-bond acceptors (Lipinski definition) is 2. The van der Waals surface area contributed by atoms with Crippen molar-refractivity contribution in [3.63, 3.8) is 0 Å². The van der Waals surface area contributed by atoms with Gasteiger partial charge in [-0.3, -0.25) is 0 Å². The van der Waals surface area contributed by atoms with Crippen LogP contribution in [0.1, 0.15) is 11.5 Å². The van der Waals surface area contributed by atoms with Gasteiger partial charge >= 0.3 is 12.1 Å². The smallest absolute Gasteiger partial charge is 0.475 e. The van der Waals surface area contributed by atoms with E-state index in [1.54, 1.807) is 0 Å². The maximum absolute atomic E-state index is 12.5. The fourth-order valence-corrected chi connectivity index (χ4v) is 1.26. The summed E-state index contributed by atoms with van der Waals surface area (Å²) in [6.07, 6.45) is -5.08. The summed E-state index contributed by atoms with van der Waals surface area (Å²) in [6.45, 7) is 2.07. The minimum atomic E-state index is -5.08. The zero-order chi connectivity index (χ0) is 13.8. The van der Waals surface area contributed by atoms with Crippen LogP contribution in [0, 0.1) is 5.82 Å². The van der Waals surface area contributed by atoms with E-state index >= 15 is 0 Å². The lowest BCUT2D eigenvalue weighted by Crippen LogP contribution is -2.39. The van der Waals surface area contributed by atoms with Crippen molar-refractivity contribution in [1.29, 1.82) is 0 Å². The average molecular weight is 265 g/mol. The number of halogens is 4. The standard InChI is InChI=1S/C9H10FN.C2HF3O2/c10-9-3-1-7(2-4-9)8-5-11-6-8;3-2(4,5)1(6)7/h1-4,8,11H,5-6H2;(H,6,7). The van der Waals surface area contributed by atoms with Crippen LogP contribution in [0.3, 0.4) is 0 Å². The molecule has 1 fully saturated rings. The Hall–Kier alpha value is -1.63. The fraction of sp³-hybridized carbons (Fsp3) is 0.364. The molecule has 2 N–H and O–H groups in total. The van der Waals surface area contributed by atoms with E-state index in [4.69, 9.17) is 9.90 Å². The van der Waals surface area contributed by atoms with E-state index in [1.807, 2.05) is 12.1 Å². The van der Waals surface area contributed by atoms with Gasteiger partial charge in [-0.15, -0.1) is 0 Å². The number of aliphatic carboxylic acids is 1. The second-order valence-corrected chi connectivity index (χ2v) is 3.71. The molecular formula is C11H11F4NO2. The fourth-order valence-electron chi connectivity index (χ4n) is 1.26. The number of nitrogens with one attached hydrogen (secondary N) is 1. The molecule has 100 valence electrons. The van der Waals surface area contributed by atoms with Gasteiger partial charge in [0.1, 0.15) is 5.82 Å². The second kappa shape index (κ2) is 5.81. The molecule has 0 saturated carbocycles. The minimum Gasteiger partial charge on any atom is -0.475 e. The topological polar surface area (TPSA) is 49.3 Å². The number of carbonyl (C=O) groups is 1. The van der Waals surface area contributed by atoms with Crippen LogP contribution >= 0.6 is 0 Å². The van der Waals surface area contributed by atoms with Crippen LogP contribution in [0.15, 0.2) is 24.3 Å². The normalized spacial score (nSPS) is 15.3. The van der Waals surface area contributed by atoms with Gasteiger partial charge in [-0.25, -0.2) is 9.18 Å². The Labute approximate surface area is 100 Å². The zero-order valence-corrected chi connectivity index (χ0v) is 9.17. The predicted octanol–water partition coefficient (Wildman–Crippen LogP) is 2.15. The first-order valence-corrected chi connectivity index (χ1v) is 5.07. The third kappa shape index (κ3) is 4.33. The lowest BCUT2D eigenvalue weighted by molar-refractivity contribution is -0.192. The quantitative estimate of drug-likeness (QED) is 0.765. The van der Waals surface area contributed by atoms with E-state index in [9.17, 15) is 17.6 Å². The highest BCUT2D eigenvalue weighted by Crippen LogP contribution is 2.19. The summed E-state index contributed by atoms with van der Waals surface area (Å²) in [5.74, 6) is -2.30. The third-order valence-corrected chi connectivity index (χ3v) is 2.37. The van der Waals surface area contributed by atoms with Gasteiger partial charge in [0.2, 0.25) is 0 Å². The molecule has 1 aliphatic rings. The Morgan fingerprint density at radius 2 is 1.67 bits per heavy atom. The van der Waals surface area contributed by atoms with Crippen LogP contribution in [0.4, 0.5) is 17.6 Å². The van der Waals surface area contributed by atoms with Crippen LogP contribution in [0.2, 0.25) is 0 Å². The molecule has 0 unspecified atom stereocenters. The number of alkyl halides is 3. The number of benzene rings is 1. The van der Waals surface area contributed by atoms with Crippen molar-refractivity contribution in [3.8, 4) is 0 Å². The van der Waals surface area contributed by atoms with Crippen LogP contribution in [-0.4, -0.2) is 30.3 Å². The highest BCUT2D eigenvalue weighted by Gasteiger charge is 2.38. The molecule has 1 aromatic carbocycles. The zero-order valence-electron chi connectivity index (χ0n) is 9.17. The van der Waals surface area contributed by atoms with Gasteiger partial charge in [-0.2, -0.15) is 13.2 Å². The molecule has 2 rings (SSSR count). The van der Waals surface area contributed by atoms with E-state index in [0.29, 0.717) is 5.92 Å². The summed E-state index contributed by atoms with van der Waals surface area (Å²) < 4.78 is 44.2. The Morgan fingerprint density at radius 1 is 1.22 bits per heavy atom. The van der Waals surface area contributed by atoms with Crippen molar-refractivity contribution in [2.24, 2.45) is 0 Å². The van der Waals surface area contributed by atoms with Crippen LogP contribution < -0.4 is 5.32 Å². The van der Waals surface area contributed by atoms with Gasteiger partial charge in [0.25, 0.3) is 0 Å². The number of carboxylic acids is 1. The largest absolute Gasteiger partial charge is 0.490 e. The lowest BCUT2D eigenvalue weighted by Gasteiger charge is -2.27. The molecule has 0 bridgehead atoms. The molecule has 0 atom stereocenters. The first kappa shape index (κ1) is 14.4. The first-order valence-electron chi connectivity index (χ1n) is 5.07. The Balaban J connectivity index is 0.000000203. The molecule has 1 heterocycles. The van der Waals surface area contributed by atoms with E-state index in [0.717, 1.165) is 13.1 Å².